The van der Waals surface area contributed by atoms with E-state index in [4.69, 9.17) is 0 Å². The summed E-state index contributed by atoms with van der Waals surface area (Å²) < 4.78 is 0. The maximum atomic E-state index is 4.68. The Morgan fingerprint density at radius 3 is 2.58 bits per heavy atom. The van der Waals surface area contributed by atoms with E-state index >= 15 is 0 Å². The highest BCUT2D eigenvalue weighted by molar-refractivity contribution is 5.64. The number of hydrogen-bond donors (Lipinski definition) is 1. The Bertz CT molecular complexity index is 720. The standard InChI is InChI=1S/C20H30N6/c1-5-25(6-2)17-7-8-18(16(4)13-17)22-20-23-19(14-21-24-20)26-11-9-15(3)10-12-26/h7-8,13-15H,5-6,9-12H2,1-4H3,(H,22,23,24). The van der Waals surface area contributed by atoms with Gasteiger partial charge in [-0.1, -0.05) is 6.92 Å². The van der Waals surface area contributed by atoms with Crippen LogP contribution in [0.25, 0.3) is 0 Å². The molecular formula is C20H30N6. The van der Waals surface area contributed by atoms with Gasteiger partial charge >= 0.3 is 0 Å². The predicted molar refractivity (Wildman–Crippen MR) is 108 cm³/mol. The van der Waals surface area contributed by atoms with Crippen molar-refractivity contribution in [3.63, 3.8) is 0 Å². The Morgan fingerprint density at radius 2 is 1.92 bits per heavy atom. The minimum atomic E-state index is 0.555. The van der Waals surface area contributed by atoms with E-state index in [9.17, 15) is 0 Å². The fourth-order valence-electron chi connectivity index (χ4n) is 3.43. The minimum absolute atomic E-state index is 0.555. The van der Waals surface area contributed by atoms with E-state index in [0.717, 1.165) is 43.6 Å². The van der Waals surface area contributed by atoms with Crippen LogP contribution >= 0.6 is 0 Å². The second-order valence-electron chi connectivity index (χ2n) is 7.10. The third-order valence-electron chi connectivity index (χ3n) is 5.24. The smallest absolute Gasteiger partial charge is 0.249 e. The van der Waals surface area contributed by atoms with Gasteiger partial charge in [-0.05, 0) is 63.3 Å². The summed E-state index contributed by atoms with van der Waals surface area (Å²) in [4.78, 5) is 9.32. The summed E-state index contributed by atoms with van der Waals surface area (Å²) in [5.41, 5.74) is 3.44. The van der Waals surface area contributed by atoms with Crippen LogP contribution in [0.3, 0.4) is 0 Å². The molecule has 2 aromatic rings. The Morgan fingerprint density at radius 1 is 1.19 bits per heavy atom. The molecule has 0 bridgehead atoms. The predicted octanol–water partition coefficient (Wildman–Crippen LogP) is 4.01. The number of anilines is 4. The summed E-state index contributed by atoms with van der Waals surface area (Å²) in [6.45, 7) is 12.9. The van der Waals surface area contributed by atoms with Crippen LogP contribution in [0.5, 0.6) is 0 Å². The first-order chi connectivity index (χ1) is 12.6. The van der Waals surface area contributed by atoms with Crippen molar-refractivity contribution in [2.75, 3.05) is 41.3 Å². The molecule has 1 aromatic carbocycles. The summed E-state index contributed by atoms with van der Waals surface area (Å²) in [6.07, 6.45) is 4.18. The molecule has 0 radical (unpaired) electrons. The lowest BCUT2D eigenvalue weighted by atomic mass is 9.99. The Balaban J connectivity index is 1.74. The van der Waals surface area contributed by atoms with Crippen LogP contribution < -0.4 is 15.1 Å². The molecule has 26 heavy (non-hydrogen) atoms. The molecule has 0 aliphatic carbocycles. The minimum Gasteiger partial charge on any atom is -0.372 e. The van der Waals surface area contributed by atoms with Crippen molar-refractivity contribution in [3.05, 3.63) is 30.0 Å². The van der Waals surface area contributed by atoms with Gasteiger partial charge in [0.25, 0.3) is 0 Å². The summed E-state index contributed by atoms with van der Waals surface area (Å²) in [6, 6.07) is 6.45. The van der Waals surface area contributed by atoms with Gasteiger partial charge in [0.1, 0.15) is 0 Å². The maximum absolute atomic E-state index is 4.68. The lowest BCUT2D eigenvalue weighted by Crippen LogP contribution is -2.33. The molecule has 6 nitrogen and oxygen atoms in total. The summed E-state index contributed by atoms with van der Waals surface area (Å²) in [7, 11) is 0. The number of nitrogens with zero attached hydrogens (tertiary/aromatic N) is 5. The van der Waals surface area contributed by atoms with Crippen LogP contribution in [0, 0.1) is 12.8 Å². The second-order valence-corrected chi connectivity index (χ2v) is 7.10. The zero-order chi connectivity index (χ0) is 18.5. The molecule has 1 saturated heterocycles. The normalized spacial score (nSPS) is 15.2. The molecule has 0 spiro atoms. The molecular weight excluding hydrogens is 324 g/mol. The molecule has 0 unspecified atom stereocenters. The number of hydrogen-bond acceptors (Lipinski definition) is 6. The molecule has 1 fully saturated rings. The molecule has 140 valence electrons. The van der Waals surface area contributed by atoms with Crippen LogP contribution in [0.1, 0.15) is 39.2 Å². The number of benzene rings is 1. The maximum Gasteiger partial charge on any atom is 0.249 e. The van der Waals surface area contributed by atoms with Crippen LogP contribution in [0.15, 0.2) is 24.4 Å². The van der Waals surface area contributed by atoms with Gasteiger partial charge in [-0.2, -0.15) is 10.1 Å². The van der Waals surface area contributed by atoms with Crippen molar-refractivity contribution < 1.29 is 0 Å². The monoisotopic (exact) mass is 354 g/mol. The average Bonchev–Trinajstić information content (AvgIpc) is 2.66. The quantitative estimate of drug-likeness (QED) is 0.846. The van der Waals surface area contributed by atoms with Crippen LogP contribution in [0.2, 0.25) is 0 Å². The molecule has 6 heteroatoms. The van der Waals surface area contributed by atoms with Crippen molar-refractivity contribution in [1.82, 2.24) is 15.2 Å². The van der Waals surface area contributed by atoms with Crippen LogP contribution in [0.4, 0.5) is 23.1 Å². The number of aryl methyl sites for hydroxylation is 1. The number of aromatic nitrogens is 3. The molecule has 0 amide bonds. The zero-order valence-corrected chi connectivity index (χ0v) is 16.4. The molecule has 1 N–H and O–H groups in total. The first-order valence-corrected chi connectivity index (χ1v) is 9.68. The van der Waals surface area contributed by atoms with E-state index < -0.39 is 0 Å². The summed E-state index contributed by atoms with van der Waals surface area (Å²) in [5, 5.41) is 11.7. The van der Waals surface area contributed by atoms with Crippen molar-refractivity contribution in [2.45, 2.75) is 40.5 Å². The van der Waals surface area contributed by atoms with Gasteiger partial charge in [0.15, 0.2) is 5.82 Å². The van der Waals surface area contributed by atoms with Crippen molar-refractivity contribution >= 4 is 23.1 Å². The number of rotatable bonds is 6. The van der Waals surface area contributed by atoms with E-state index in [1.807, 2.05) is 0 Å². The molecule has 0 atom stereocenters. The molecule has 2 heterocycles. The zero-order valence-electron chi connectivity index (χ0n) is 16.4. The Hall–Kier alpha value is -2.37. The molecule has 1 aromatic heterocycles. The average molecular weight is 355 g/mol. The van der Waals surface area contributed by atoms with E-state index in [2.05, 4.69) is 76.2 Å². The fourth-order valence-corrected chi connectivity index (χ4v) is 3.43. The fraction of sp³-hybridized carbons (Fsp3) is 0.550. The first kappa shape index (κ1) is 18.4. The van der Waals surface area contributed by atoms with Gasteiger partial charge in [-0.3, -0.25) is 0 Å². The van der Waals surface area contributed by atoms with Crippen molar-refractivity contribution in [2.24, 2.45) is 5.92 Å². The second kappa shape index (κ2) is 8.34. The Labute approximate surface area is 156 Å². The number of nitrogens with one attached hydrogen (secondary N) is 1. The van der Waals surface area contributed by atoms with Crippen molar-refractivity contribution in [1.29, 1.82) is 0 Å². The van der Waals surface area contributed by atoms with E-state index in [1.54, 1.807) is 6.20 Å². The van der Waals surface area contributed by atoms with Gasteiger partial charge < -0.3 is 15.1 Å². The Kier molecular flexibility index (Phi) is 5.91. The summed E-state index contributed by atoms with van der Waals surface area (Å²) >= 11 is 0. The highest BCUT2D eigenvalue weighted by Crippen LogP contribution is 2.25. The lowest BCUT2D eigenvalue weighted by molar-refractivity contribution is 0.436. The van der Waals surface area contributed by atoms with Gasteiger partial charge in [0.2, 0.25) is 5.95 Å². The van der Waals surface area contributed by atoms with Crippen LogP contribution in [-0.4, -0.2) is 41.4 Å². The van der Waals surface area contributed by atoms with Gasteiger partial charge in [-0.25, -0.2) is 0 Å². The molecule has 1 aliphatic heterocycles. The van der Waals surface area contributed by atoms with Crippen LogP contribution in [-0.2, 0) is 0 Å². The third-order valence-corrected chi connectivity index (χ3v) is 5.24. The van der Waals surface area contributed by atoms with E-state index in [1.165, 1.54) is 24.1 Å². The van der Waals surface area contributed by atoms with Gasteiger partial charge in [0.05, 0.1) is 6.20 Å². The molecule has 0 saturated carbocycles. The topological polar surface area (TPSA) is 57.2 Å². The summed E-state index contributed by atoms with van der Waals surface area (Å²) in [5.74, 6) is 2.26. The van der Waals surface area contributed by atoms with Crippen molar-refractivity contribution in [3.8, 4) is 0 Å². The van der Waals surface area contributed by atoms with E-state index in [0.29, 0.717) is 5.95 Å². The highest BCUT2D eigenvalue weighted by atomic mass is 15.3. The highest BCUT2D eigenvalue weighted by Gasteiger charge is 2.18. The molecule has 1 aliphatic rings. The lowest BCUT2D eigenvalue weighted by Gasteiger charge is -2.30. The first-order valence-electron chi connectivity index (χ1n) is 9.68. The largest absolute Gasteiger partial charge is 0.372 e. The molecule has 3 rings (SSSR count). The van der Waals surface area contributed by atoms with Gasteiger partial charge in [-0.15, -0.1) is 5.10 Å². The third kappa shape index (κ3) is 4.23. The SMILES string of the molecule is CCN(CC)c1ccc(Nc2nncc(N3CCC(C)CC3)n2)c(C)c1. The number of piperidine rings is 1. The van der Waals surface area contributed by atoms with Gasteiger partial charge in [0, 0.05) is 37.6 Å². The van der Waals surface area contributed by atoms with E-state index in [-0.39, 0.29) is 0 Å².